The second-order valence-electron chi connectivity index (χ2n) is 4.55. The molecule has 1 aromatic carbocycles. The van der Waals surface area contributed by atoms with E-state index < -0.39 is 11.7 Å². The van der Waals surface area contributed by atoms with Crippen LogP contribution < -0.4 is 10.4 Å². The van der Waals surface area contributed by atoms with E-state index in [0.29, 0.717) is 22.7 Å². The lowest BCUT2D eigenvalue weighted by Crippen LogP contribution is -1.99. The van der Waals surface area contributed by atoms with Gasteiger partial charge >= 0.3 is 5.63 Å². The quantitative estimate of drug-likeness (QED) is 0.723. The number of rotatable bonds is 0. The lowest BCUT2D eigenvalue weighted by Gasteiger charge is -2.04. The molecule has 4 nitrogen and oxygen atoms in total. The van der Waals surface area contributed by atoms with Crippen molar-refractivity contribution in [2.24, 2.45) is 0 Å². The first-order valence-electron chi connectivity index (χ1n) is 5.67. The zero-order valence-electron chi connectivity index (χ0n) is 10.1. The van der Waals surface area contributed by atoms with E-state index in [1.54, 1.807) is 18.2 Å². The molecule has 0 aliphatic carbocycles. The molecule has 18 heavy (non-hydrogen) atoms. The van der Waals surface area contributed by atoms with Crippen molar-refractivity contribution in [2.75, 3.05) is 0 Å². The Kier molecular flexibility index (Phi) is 2.28. The molecule has 0 bridgehead atoms. The molecule has 0 saturated carbocycles. The van der Waals surface area contributed by atoms with Crippen LogP contribution in [-0.2, 0) is 0 Å². The molecule has 1 unspecified atom stereocenters. The Morgan fingerprint density at radius 3 is 2.78 bits per heavy atom. The van der Waals surface area contributed by atoms with Crippen molar-refractivity contribution < 1.29 is 14.3 Å². The summed E-state index contributed by atoms with van der Waals surface area (Å²) in [4.78, 5) is 11.2. The van der Waals surface area contributed by atoms with Crippen molar-refractivity contribution in [2.45, 2.75) is 20.0 Å². The van der Waals surface area contributed by atoms with Crippen molar-refractivity contribution in [3.8, 4) is 5.75 Å². The highest BCUT2D eigenvalue weighted by Crippen LogP contribution is 2.42. The zero-order valence-corrected chi connectivity index (χ0v) is 10.1. The first-order valence-corrected chi connectivity index (χ1v) is 5.67. The number of aliphatic hydroxyl groups excluding tert-OH is 1. The van der Waals surface area contributed by atoms with Gasteiger partial charge in [-0.25, -0.2) is 4.79 Å². The highest BCUT2D eigenvalue weighted by atomic mass is 16.5. The van der Waals surface area contributed by atoms with Crippen LogP contribution in [0.1, 0.15) is 25.5 Å². The molecule has 1 N–H and O–H groups in total. The number of fused-ring (bicyclic) bond motifs is 2. The highest BCUT2D eigenvalue weighted by molar-refractivity contribution is 5.80. The fraction of sp³-hybridized carbons (Fsp3) is 0.214. The van der Waals surface area contributed by atoms with Crippen LogP contribution in [0.15, 0.2) is 44.8 Å². The summed E-state index contributed by atoms with van der Waals surface area (Å²) in [6.07, 6.45) is -0.749. The maximum Gasteiger partial charge on any atom is 0.336 e. The summed E-state index contributed by atoms with van der Waals surface area (Å²) in [6, 6.07) is 6.47. The smallest absolute Gasteiger partial charge is 0.336 e. The van der Waals surface area contributed by atoms with E-state index >= 15 is 0 Å². The number of hydrogen-bond donors (Lipinski definition) is 1. The molecule has 1 aromatic heterocycles. The zero-order chi connectivity index (χ0) is 12.9. The van der Waals surface area contributed by atoms with E-state index in [1.165, 1.54) is 6.07 Å². The van der Waals surface area contributed by atoms with E-state index in [-0.39, 0.29) is 0 Å². The van der Waals surface area contributed by atoms with Gasteiger partial charge in [0.2, 0.25) is 0 Å². The predicted octanol–water partition coefficient (Wildman–Crippen LogP) is 2.51. The third-order valence-corrected chi connectivity index (χ3v) is 3.01. The number of benzene rings is 1. The molecule has 2 aromatic rings. The summed E-state index contributed by atoms with van der Waals surface area (Å²) in [6.45, 7) is 3.76. The Morgan fingerprint density at radius 1 is 1.28 bits per heavy atom. The minimum atomic E-state index is -0.749. The summed E-state index contributed by atoms with van der Waals surface area (Å²) in [7, 11) is 0. The molecule has 1 atom stereocenters. The van der Waals surface area contributed by atoms with E-state index in [2.05, 4.69) is 0 Å². The Balaban J connectivity index is 2.26. The molecule has 0 amide bonds. The number of aliphatic hydroxyl groups is 1. The summed E-state index contributed by atoms with van der Waals surface area (Å²) < 4.78 is 10.7. The van der Waals surface area contributed by atoms with Crippen LogP contribution in [0.2, 0.25) is 0 Å². The number of allylic oxidation sites excluding steroid dienone is 1. The minimum absolute atomic E-state index is 0.400. The lowest BCUT2D eigenvalue weighted by atomic mass is 10.1. The fourth-order valence-corrected chi connectivity index (χ4v) is 2.11. The van der Waals surface area contributed by atoms with Crippen LogP contribution in [0.5, 0.6) is 5.75 Å². The Morgan fingerprint density at radius 2 is 2.06 bits per heavy atom. The van der Waals surface area contributed by atoms with Crippen LogP contribution in [-0.4, -0.2) is 5.11 Å². The van der Waals surface area contributed by atoms with Gasteiger partial charge in [0, 0.05) is 23.1 Å². The van der Waals surface area contributed by atoms with Crippen molar-refractivity contribution in [3.05, 3.63) is 51.6 Å². The number of hydrogen-bond acceptors (Lipinski definition) is 4. The van der Waals surface area contributed by atoms with Gasteiger partial charge in [-0.15, -0.1) is 0 Å². The lowest BCUT2D eigenvalue weighted by molar-refractivity contribution is 0.189. The topological polar surface area (TPSA) is 59.7 Å². The van der Waals surface area contributed by atoms with Crippen LogP contribution in [0, 0.1) is 0 Å². The third-order valence-electron chi connectivity index (χ3n) is 3.01. The molecular weight excluding hydrogens is 232 g/mol. The first-order chi connectivity index (χ1) is 8.56. The molecule has 0 spiro atoms. The maximum atomic E-state index is 11.2. The standard InChI is InChI=1S/C14H12O4/c1-7(2)14-13(16)9-5-8-3-4-12(15)17-10(8)6-11(9)18-14/h3-6,13,16H,1-2H3. The molecule has 0 radical (unpaired) electrons. The second kappa shape index (κ2) is 3.71. The normalized spacial score (nSPS) is 17.7. The SMILES string of the molecule is CC(C)=C1Oc2cc3oc(=O)ccc3cc2C1O. The van der Waals surface area contributed by atoms with Gasteiger partial charge in [-0.2, -0.15) is 0 Å². The van der Waals surface area contributed by atoms with E-state index in [1.807, 2.05) is 13.8 Å². The van der Waals surface area contributed by atoms with Crippen molar-refractivity contribution >= 4 is 11.0 Å². The van der Waals surface area contributed by atoms with Gasteiger partial charge in [0.05, 0.1) is 0 Å². The van der Waals surface area contributed by atoms with Gasteiger partial charge in [0.25, 0.3) is 0 Å². The number of ether oxygens (including phenoxy) is 1. The third kappa shape index (κ3) is 1.54. The molecule has 3 rings (SSSR count). The van der Waals surface area contributed by atoms with Crippen LogP contribution in [0.3, 0.4) is 0 Å². The minimum Gasteiger partial charge on any atom is -0.458 e. The molecule has 1 aliphatic heterocycles. The molecule has 4 heteroatoms. The Hall–Kier alpha value is -2.07. The van der Waals surface area contributed by atoms with Gasteiger partial charge in [-0.1, -0.05) is 0 Å². The summed E-state index contributed by atoms with van der Waals surface area (Å²) >= 11 is 0. The van der Waals surface area contributed by atoms with Crippen LogP contribution >= 0.6 is 0 Å². The summed E-state index contributed by atoms with van der Waals surface area (Å²) in [5.41, 5.74) is 1.68. The van der Waals surface area contributed by atoms with Crippen molar-refractivity contribution in [3.63, 3.8) is 0 Å². The maximum absolute atomic E-state index is 11.2. The van der Waals surface area contributed by atoms with Crippen LogP contribution in [0.4, 0.5) is 0 Å². The monoisotopic (exact) mass is 244 g/mol. The van der Waals surface area contributed by atoms with Gasteiger partial charge in [0.15, 0.2) is 0 Å². The first kappa shape index (κ1) is 11.0. The van der Waals surface area contributed by atoms with E-state index in [9.17, 15) is 9.90 Å². The van der Waals surface area contributed by atoms with Gasteiger partial charge < -0.3 is 14.3 Å². The molecule has 92 valence electrons. The van der Waals surface area contributed by atoms with Gasteiger partial charge in [-0.3, -0.25) is 0 Å². The average Bonchev–Trinajstić information content (AvgIpc) is 2.64. The van der Waals surface area contributed by atoms with Crippen molar-refractivity contribution in [1.82, 2.24) is 0 Å². The average molecular weight is 244 g/mol. The van der Waals surface area contributed by atoms with E-state index in [0.717, 1.165) is 11.0 Å². The highest BCUT2D eigenvalue weighted by Gasteiger charge is 2.29. The Bertz CT molecular complexity index is 720. The van der Waals surface area contributed by atoms with Crippen molar-refractivity contribution in [1.29, 1.82) is 0 Å². The van der Waals surface area contributed by atoms with Gasteiger partial charge in [-0.05, 0) is 31.6 Å². The second-order valence-corrected chi connectivity index (χ2v) is 4.55. The van der Waals surface area contributed by atoms with E-state index in [4.69, 9.17) is 9.15 Å². The molecule has 0 saturated heterocycles. The fourth-order valence-electron chi connectivity index (χ4n) is 2.11. The molecule has 0 fully saturated rings. The molecule has 1 aliphatic rings. The summed E-state index contributed by atoms with van der Waals surface area (Å²) in [5, 5.41) is 10.9. The van der Waals surface area contributed by atoms with Crippen LogP contribution in [0.25, 0.3) is 11.0 Å². The molecular formula is C14H12O4. The predicted molar refractivity (Wildman–Crippen MR) is 66.4 cm³/mol. The molecule has 2 heterocycles. The Labute approximate surface area is 103 Å². The largest absolute Gasteiger partial charge is 0.458 e. The summed E-state index contributed by atoms with van der Waals surface area (Å²) in [5.74, 6) is 1.09. The van der Waals surface area contributed by atoms with Gasteiger partial charge in [0.1, 0.15) is 23.2 Å².